The van der Waals surface area contributed by atoms with Crippen LogP contribution in [0.3, 0.4) is 0 Å². The van der Waals surface area contributed by atoms with Crippen LogP contribution in [0.5, 0.6) is 0 Å². The first-order valence-electron chi connectivity index (χ1n) is 6.56. The number of nitrogens with zero attached hydrogens (tertiary/aromatic N) is 2. The van der Waals surface area contributed by atoms with Gasteiger partial charge in [0.05, 0.1) is 5.69 Å². The molecule has 2 heterocycles. The maximum Gasteiger partial charge on any atom is 0.303 e. The molecule has 1 aromatic carbocycles. The number of carboxylic acids is 1. The molecule has 1 N–H and O–H groups in total. The molecular formula is C15H13IN2O2S. The van der Waals surface area contributed by atoms with Crippen LogP contribution in [0.2, 0.25) is 0 Å². The molecule has 0 aliphatic carbocycles. The number of aliphatic carboxylic acids is 1. The third-order valence-corrected chi connectivity index (χ3v) is 4.85. The normalized spacial score (nSPS) is 11.1. The van der Waals surface area contributed by atoms with E-state index < -0.39 is 5.97 Å². The Morgan fingerprint density at radius 2 is 2.10 bits per heavy atom. The first-order valence-corrected chi connectivity index (χ1v) is 8.52. The predicted molar refractivity (Wildman–Crippen MR) is 91.8 cm³/mol. The molecule has 21 heavy (non-hydrogen) atoms. The summed E-state index contributed by atoms with van der Waals surface area (Å²) in [4.78, 5) is 16.2. The predicted octanol–water partition coefficient (Wildman–Crippen LogP) is 4.07. The summed E-state index contributed by atoms with van der Waals surface area (Å²) in [5.41, 5.74) is 3.18. The molecule has 0 fully saturated rings. The van der Waals surface area contributed by atoms with E-state index in [9.17, 15) is 4.79 Å². The molecule has 0 amide bonds. The van der Waals surface area contributed by atoms with Crippen LogP contribution in [-0.4, -0.2) is 20.5 Å². The average Bonchev–Trinajstić information content (AvgIpc) is 3.01. The van der Waals surface area contributed by atoms with E-state index in [0.29, 0.717) is 6.42 Å². The van der Waals surface area contributed by atoms with Crippen LogP contribution >= 0.6 is 33.9 Å². The van der Waals surface area contributed by atoms with Crippen molar-refractivity contribution >= 4 is 44.9 Å². The Bertz CT molecular complexity index is 777. The second-order valence-electron chi connectivity index (χ2n) is 4.76. The van der Waals surface area contributed by atoms with Crippen molar-refractivity contribution in [1.29, 1.82) is 0 Å². The zero-order chi connectivity index (χ0) is 14.8. The number of carboxylic acid groups (broad SMARTS) is 1. The number of aromatic nitrogens is 2. The van der Waals surface area contributed by atoms with Gasteiger partial charge in [-0.15, -0.1) is 11.3 Å². The molecule has 2 aromatic heterocycles. The van der Waals surface area contributed by atoms with Crippen LogP contribution in [0.1, 0.15) is 18.5 Å². The van der Waals surface area contributed by atoms with Crippen LogP contribution in [0, 0.1) is 3.57 Å². The number of hydrogen-bond donors (Lipinski definition) is 1. The molecule has 0 radical (unpaired) electrons. The van der Waals surface area contributed by atoms with Gasteiger partial charge in [0.1, 0.15) is 0 Å². The summed E-state index contributed by atoms with van der Waals surface area (Å²) in [6.07, 6.45) is 3.65. The van der Waals surface area contributed by atoms with Gasteiger partial charge in [-0.3, -0.25) is 9.20 Å². The molecule has 0 bridgehead atoms. The summed E-state index contributed by atoms with van der Waals surface area (Å²) in [6.45, 7) is 0. The quantitative estimate of drug-likeness (QED) is 0.643. The van der Waals surface area contributed by atoms with Gasteiger partial charge in [-0.05, 0) is 47.6 Å². The van der Waals surface area contributed by atoms with Crippen molar-refractivity contribution in [2.24, 2.45) is 0 Å². The smallest absolute Gasteiger partial charge is 0.303 e. The van der Waals surface area contributed by atoms with Gasteiger partial charge in [-0.1, -0.05) is 12.1 Å². The largest absolute Gasteiger partial charge is 0.481 e. The number of halogens is 1. The standard InChI is InChI=1S/C15H13IN2O2S/c16-11-6-4-10(5-7-11)13-8-18-12(2-1-3-14(19)20)9-21-15(18)17-13/h4-9H,1-3H2,(H,19,20). The molecule has 0 saturated heterocycles. The molecule has 0 aliphatic rings. The molecule has 108 valence electrons. The molecule has 0 unspecified atom stereocenters. The Hall–Kier alpha value is -1.41. The minimum atomic E-state index is -0.744. The summed E-state index contributed by atoms with van der Waals surface area (Å²) in [7, 11) is 0. The van der Waals surface area contributed by atoms with Crippen LogP contribution in [0.15, 0.2) is 35.8 Å². The van der Waals surface area contributed by atoms with Crippen molar-refractivity contribution in [3.63, 3.8) is 0 Å². The highest BCUT2D eigenvalue weighted by molar-refractivity contribution is 14.1. The summed E-state index contributed by atoms with van der Waals surface area (Å²) < 4.78 is 3.27. The number of benzene rings is 1. The zero-order valence-electron chi connectivity index (χ0n) is 11.1. The summed E-state index contributed by atoms with van der Waals surface area (Å²) in [6, 6.07) is 8.27. The summed E-state index contributed by atoms with van der Waals surface area (Å²) in [5, 5.41) is 10.8. The molecule has 4 nitrogen and oxygen atoms in total. The van der Waals surface area contributed by atoms with Gasteiger partial charge < -0.3 is 5.11 Å². The third-order valence-electron chi connectivity index (χ3n) is 3.25. The van der Waals surface area contributed by atoms with Crippen molar-refractivity contribution < 1.29 is 9.90 Å². The molecule has 0 atom stereocenters. The van der Waals surface area contributed by atoms with Gasteiger partial charge in [0.25, 0.3) is 0 Å². The van der Waals surface area contributed by atoms with Crippen molar-refractivity contribution in [3.05, 3.63) is 45.1 Å². The minimum absolute atomic E-state index is 0.204. The van der Waals surface area contributed by atoms with E-state index in [-0.39, 0.29) is 6.42 Å². The van der Waals surface area contributed by atoms with Crippen LogP contribution in [0.25, 0.3) is 16.2 Å². The highest BCUT2D eigenvalue weighted by atomic mass is 127. The monoisotopic (exact) mass is 412 g/mol. The topological polar surface area (TPSA) is 54.6 Å². The van der Waals surface area contributed by atoms with E-state index in [1.165, 1.54) is 3.57 Å². The van der Waals surface area contributed by atoms with Crippen molar-refractivity contribution in [3.8, 4) is 11.3 Å². The first-order chi connectivity index (χ1) is 10.1. The van der Waals surface area contributed by atoms with Crippen molar-refractivity contribution in [1.82, 2.24) is 9.38 Å². The fourth-order valence-electron chi connectivity index (χ4n) is 2.19. The van der Waals surface area contributed by atoms with Crippen LogP contribution < -0.4 is 0 Å². The Labute approximate surface area is 139 Å². The number of aryl methyl sites for hydroxylation is 1. The van der Waals surface area contributed by atoms with E-state index in [0.717, 1.165) is 28.3 Å². The van der Waals surface area contributed by atoms with Crippen molar-refractivity contribution in [2.75, 3.05) is 0 Å². The molecule has 0 aliphatic heterocycles. The first kappa shape index (κ1) is 14.5. The molecule has 0 saturated carbocycles. The van der Waals surface area contributed by atoms with Crippen LogP contribution in [0.4, 0.5) is 0 Å². The number of imidazole rings is 1. The second-order valence-corrected chi connectivity index (χ2v) is 6.84. The van der Waals surface area contributed by atoms with Gasteiger partial charge in [0.15, 0.2) is 4.96 Å². The van der Waals surface area contributed by atoms with Gasteiger partial charge >= 0.3 is 5.97 Å². The average molecular weight is 412 g/mol. The number of thiazole rings is 1. The zero-order valence-corrected chi connectivity index (χ0v) is 14.1. The Kier molecular flexibility index (Phi) is 4.25. The fourth-order valence-corrected chi connectivity index (χ4v) is 3.46. The molecule has 6 heteroatoms. The minimum Gasteiger partial charge on any atom is -0.481 e. The Balaban J connectivity index is 1.85. The van der Waals surface area contributed by atoms with E-state index >= 15 is 0 Å². The highest BCUT2D eigenvalue weighted by Gasteiger charge is 2.10. The number of carbonyl (C=O) groups is 1. The van der Waals surface area contributed by atoms with Gasteiger partial charge in [-0.25, -0.2) is 4.98 Å². The van der Waals surface area contributed by atoms with E-state index in [1.807, 2.05) is 6.20 Å². The SMILES string of the molecule is O=C(O)CCCc1csc2nc(-c3ccc(I)cc3)cn12. The number of fused-ring (bicyclic) bond motifs is 1. The molecule has 0 spiro atoms. The van der Waals surface area contributed by atoms with Crippen molar-refractivity contribution in [2.45, 2.75) is 19.3 Å². The summed E-state index contributed by atoms with van der Waals surface area (Å²) >= 11 is 3.88. The summed E-state index contributed by atoms with van der Waals surface area (Å²) in [5.74, 6) is -0.744. The highest BCUT2D eigenvalue weighted by Crippen LogP contribution is 2.25. The molecular weight excluding hydrogens is 399 g/mol. The third kappa shape index (κ3) is 3.26. The Morgan fingerprint density at radius 3 is 2.81 bits per heavy atom. The number of hydrogen-bond acceptors (Lipinski definition) is 3. The Morgan fingerprint density at radius 1 is 1.33 bits per heavy atom. The fraction of sp³-hybridized carbons (Fsp3) is 0.200. The van der Waals surface area contributed by atoms with Gasteiger partial charge in [0, 0.05) is 32.8 Å². The molecule has 3 rings (SSSR count). The lowest BCUT2D eigenvalue weighted by Crippen LogP contribution is -1.97. The second kappa shape index (κ2) is 6.15. The lowest BCUT2D eigenvalue weighted by molar-refractivity contribution is -0.137. The number of rotatable bonds is 5. The van der Waals surface area contributed by atoms with E-state index in [4.69, 9.17) is 5.11 Å². The maximum atomic E-state index is 10.6. The lowest BCUT2D eigenvalue weighted by Gasteiger charge is -1.98. The lowest BCUT2D eigenvalue weighted by atomic mass is 10.2. The maximum absolute atomic E-state index is 10.6. The van der Waals surface area contributed by atoms with Gasteiger partial charge in [0.2, 0.25) is 0 Å². The molecule has 3 aromatic rings. The van der Waals surface area contributed by atoms with E-state index in [1.54, 1.807) is 11.3 Å². The van der Waals surface area contributed by atoms with Crippen LogP contribution in [-0.2, 0) is 11.2 Å². The van der Waals surface area contributed by atoms with E-state index in [2.05, 4.69) is 61.6 Å². The van der Waals surface area contributed by atoms with Gasteiger partial charge in [-0.2, -0.15) is 0 Å².